The fourth-order valence-corrected chi connectivity index (χ4v) is 3.92. The number of carbonyl (C=O) groups excluding carboxylic acids is 2. The van der Waals surface area contributed by atoms with Crippen molar-refractivity contribution in [2.75, 3.05) is 18.1 Å². The number of rotatable bonds is 10. The molecule has 0 atom stereocenters. The third-order valence-electron chi connectivity index (χ3n) is 4.06. The van der Waals surface area contributed by atoms with Crippen molar-refractivity contribution in [2.45, 2.75) is 19.3 Å². The Bertz CT molecular complexity index is 880. The van der Waals surface area contributed by atoms with Crippen molar-refractivity contribution >= 4 is 21.7 Å². The number of carbonyl (C=O) groups is 2. The van der Waals surface area contributed by atoms with Gasteiger partial charge in [0.1, 0.15) is 5.75 Å². The maximum atomic E-state index is 12.1. The first-order chi connectivity index (χ1) is 12.9. The molecule has 0 aromatic heterocycles. The maximum absolute atomic E-state index is 12.1. The van der Waals surface area contributed by atoms with Gasteiger partial charge in [0.25, 0.3) is 0 Å². The minimum absolute atomic E-state index is 0.0179. The summed E-state index contributed by atoms with van der Waals surface area (Å²) in [7, 11) is -3.44. The van der Waals surface area contributed by atoms with Gasteiger partial charge >= 0.3 is 0 Å². The number of benzene rings is 2. The van der Waals surface area contributed by atoms with Crippen LogP contribution in [0, 0.1) is 0 Å². The fourth-order valence-electron chi connectivity index (χ4n) is 2.69. The lowest BCUT2D eigenvalue weighted by Gasteiger charge is -2.07. The molecule has 0 saturated heterocycles. The Kier molecular flexibility index (Phi) is 7.55. The number of primary amides is 1. The zero-order chi connectivity index (χ0) is 19.7. The van der Waals surface area contributed by atoms with Gasteiger partial charge in [-0.25, -0.2) is 8.42 Å². The molecule has 0 spiro atoms. The van der Waals surface area contributed by atoms with E-state index in [4.69, 9.17) is 5.73 Å². The summed E-state index contributed by atoms with van der Waals surface area (Å²) in [5.41, 5.74) is 7.56. The number of nitrogens with one attached hydrogen (secondary N) is 1. The molecule has 0 aliphatic carbocycles. The van der Waals surface area contributed by atoms with Crippen LogP contribution in [0.15, 0.2) is 54.6 Å². The molecule has 0 radical (unpaired) electrons. The Labute approximate surface area is 159 Å². The van der Waals surface area contributed by atoms with E-state index in [0.717, 1.165) is 11.1 Å². The fraction of sp³-hybridized carbons (Fsp3) is 0.300. The normalized spacial score (nSPS) is 11.1. The average Bonchev–Trinajstić information content (AvgIpc) is 2.62. The van der Waals surface area contributed by atoms with Gasteiger partial charge in [0, 0.05) is 12.1 Å². The highest BCUT2D eigenvalue weighted by Gasteiger charge is 2.16. The molecular formula is C20H24N2O4S. The number of amides is 2. The van der Waals surface area contributed by atoms with E-state index >= 15 is 0 Å². The Morgan fingerprint density at radius 2 is 1.63 bits per heavy atom. The lowest BCUT2D eigenvalue weighted by atomic mass is 10.1. The molecule has 0 aliphatic heterocycles. The van der Waals surface area contributed by atoms with Gasteiger partial charge in [0.05, 0.1) is 5.75 Å². The highest BCUT2D eigenvalue weighted by molar-refractivity contribution is 7.92. The number of aryl methyl sites for hydroxylation is 1. The van der Waals surface area contributed by atoms with Crippen LogP contribution in [0.25, 0.3) is 0 Å². The van der Waals surface area contributed by atoms with E-state index in [-0.39, 0.29) is 5.75 Å². The second-order valence-corrected chi connectivity index (χ2v) is 8.53. The molecule has 27 heavy (non-hydrogen) atoms. The highest BCUT2D eigenvalue weighted by atomic mass is 32.2. The first-order valence-corrected chi connectivity index (χ1v) is 10.6. The molecule has 6 nitrogen and oxygen atoms in total. The molecule has 0 fully saturated rings. The summed E-state index contributed by atoms with van der Waals surface area (Å²) in [5.74, 6) is -1.55. The van der Waals surface area contributed by atoms with Crippen molar-refractivity contribution in [3.8, 4) is 0 Å². The van der Waals surface area contributed by atoms with E-state index in [2.05, 4.69) is 5.32 Å². The van der Waals surface area contributed by atoms with E-state index in [1.165, 1.54) is 0 Å². The standard InChI is InChI=1S/C20H24N2O4S/c21-20(24)18-10-4-8-17(14-18)11-12-22-19(23)15-27(25,26)13-5-9-16-6-2-1-3-7-16/h1-4,6-8,10,14H,5,9,11-13,15H2,(H2,21,24)(H,22,23). The monoisotopic (exact) mass is 388 g/mol. The van der Waals surface area contributed by atoms with Crippen molar-refractivity contribution in [2.24, 2.45) is 5.73 Å². The topological polar surface area (TPSA) is 106 Å². The minimum Gasteiger partial charge on any atom is -0.366 e. The molecule has 0 bridgehead atoms. The van der Waals surface area contributed by atoms with Crippen LogP contribution in [0.2, 0.25) is 0 Å². The molecule has 2 aromatic carbocycles. The van der Waals surface area contributed by atoms with Gasteiger partial charge in [-0.05, 0) is 42.5 Å². The Morgan fingerprint density at radius 1 is 0.926 bits per heavy atom. The summed E-state index contributed by atoms with van der Waals surface area (Å²) in [6, 6.07) is 16.5. The summed E-state index contributed by atoms with van der Waals surface area (Å²) >= 11 is 0. The van der Waals surface area contributed by atoms with Crippen molar-refractivity contribution in [3.63, 3.8) is 0 Å². The quantitative estimate of drug-likeness (QED) is 0.643. The molecular weight excluding hydrogens is 364 g/mol. The smallest absolute Gasteiger partial charge is 0.248 e. The van der Waals surface area contributed by atoms with Crippen LogP contribution < -0.4 is 11.1 Å². The predicted molar refractivity (Wildman–Crippen MR) is 105 cm³/mol. The van der Waals surface area contributed by atoms with Crippen LogP contribution in [0.3, 0.4) is 0 Å². The summed E-state index contributed by atoms with van der Waals surface area (Å²) < 4.78 is 24.1. The second kappa shape index (κ2) is 9.87. The van der Waals surface area contributed by atoms with Crippen LogP contribution in [-0.4, -0.2) is 38.3 Å². The third-order valence-corrected chi connectivity index (χ3v) is 5.67. The number of sulfone groups is 1. The predicted octanol–water partition coefficient (Wildman–Crippen LogP) is 1.49. The zero-order valence-electron chi connectivity index (χ0n) is 15.1. The van der Waals surface area contributed by atoms with E-state index < -0.39 is 27.4 Å². The number of nitrogens with two attached hydrogens (primary N) is 1. The van der Waals surface area contributed by atoms with Crippen LogP contribution in [-0.2, 0) is 27.5 Å². The number of hydrogen-bond donors (Lipinski definition) is 2. The summed E-state index contributed by atoms with van der Waals surface area (Å²) in [4.78, 5) is 23.0. The largest absolute Gasteiger partial charge is 0.366 e. The highest BCUT2D eigenvalue weighted by Crippen LogP contribution is 2.06. The average molecular weight is 388 g/mol. The summed E-state index contributed by atoms with van der Waals surface area (Å²) in [6.07, 6.45) is 1.64. The Morgan fingerprint density at radius 3 is 2.33 bits per heavy atom. The first-order valence-electron chi connectivity index (χ1n) is 8.75. The van der Waals surface area contributed by atoms with Crippen LogP contribution in [0.5, 0.6) is 0 Å². The summed E-state index contributed by atoms with van der Waals surface area (Å²) in [5, 5.41) is 2.61. The van der Waals surface area contributed by atoms with Crippen LogP contribution in [0.4, 0.5) is 0 Å². The van der Waals surface area contributed by atoms with Crippen LogP contribution >= 0.6 is 0 Å². The lowest BCUT2D eigenvalue weighted by Crippen LogP contribution is -2.32. The van der Waals surface area contributed by atoms with Gasteiger partial charge in [0.15, 0.2) is 9.84 Å². The van der Waals surface area contributed by atoms with E-state index in [1.807, 2.05) is 36.4 Å². The van der Waals surface area contributed by atoms with Gasteiger partial charge in [0.2, 0.25) is 11.8 Å². The molecule has 7 heteroatoms. The van der Waals surface area contributed by atoms with Crippen LogP contribution in [0.1, 0.15) is 27.9 Å². The van der Waals surface area contributed by atoms with Crippen molar-refractivity contribution in [1.82, 2.24) is 5.32 Å². The maximum Gasteiger partial charge on any atom is 0.248 e. The molecule has 2 aromatic rings. The van der Waals surface area contributed by atoms with Gasteiger partial charge in [-0.2, -0.15) is 0 Å². The van der Waals surface area contributed by atoms with Gasteiger partial charge in [-0.1, -0.05) is 42.5 Å². The minimum atomic E-state index is -3.44. The first kappa shape index (κ1) is 20.6. The second-order valence-electron chi connectivity index (χ2n) is 6.35. The van der Waals surface area contributed by atoms with E-state index in [1.54, 1.807) is 18.2 Å². The Balaban J connectivity index is 1.72. The van der Waals surface area contributed by atoms with Gasteiger partial charge < -0.3 is 11.1 Å². The van der Waals surface area contributed by atoms with Gasteiger partial charge in [-0.3, -0.25) is 9.59 Å². The molecule has 0 unspecified atom stereocenters. The van der Waals surface area contributed by atoms with Gasteiger partial charge in [-0.15, -0.1) is 0 Å². The zero-order valence-corrected chi connectivity index (χ0v) is 15.9. The van der Waals surface area contributed by atoms with E-state index in [0.29, 0.717) is 31.4 Å². The van der Waals surface area contributed by atoms with Crippen molar-refractivity contribution < 1.29 is 18.0 Å². The van der Waals surface area contributed by atoms with E-state index in [9.17, 15) is 18.0 Å². The Hall–Kier alpha value is -2.67. The number of hydrogen-bond acceptors (Lipinski definition) is 4. The molecule has 2 rings (SSSR count). The molecule has 0 heterocycles. The lowest BCUT2D eigenvalue weighted by molar-refractivity contribution is -0.118. The molecule has 2 amide bonds. The molecule has 3 N–H and O–H groups in total. The summed E-state index contributed by atoms with van der Waals surface area (Å²) in [6.45, 7) is 0.292. The third kappa shape index (κ3) is 7.62. The molecule has 0 saturated carbocycles. The van der Waals surface area contributed by atoms with Crippen molar-refractivity contribution in [3.05, 3.63) is 71.3 Å². The molecule has 144 valence electrons. The van der Waals surface area contributed by atoms with Crippen molar-refractivity contribution in [1.29, 1.82) is 0 Å². The SMILES string of the molecule is NC(=O)c1cccc(CCNC(=O)CS(=O)(=O)CCCc2ccccc2)c1. The molecule has 0 aliphatic rings.